The first-order valence-electron chi connectivity index (χ1n) is 9.17. The molecule has 2 aromatic carbocycles. The third-order valence-electron chi connectivity index (χ3n) is 4.91. The lowest BCUT2D eigenvalue weighted by molar-refractivity contribution is -0.137. The summed E-state index contributed by atoms with van der Waals surface area (Å²) in [6.45, 7) is 0.122. The van der Waals surface area contributed by atoms with Crippen molar-refractivity contribution in [3.8, 4) is 11.5 Å². The standard InChI is InChI=1S/C20H15F5N2O4/c21-13-5-17-15(26-18(28)9-31-17)4-12(13)19(29)27-6-10(7-27)8-30-16-2-1-11(3-14(16)22)20(23,24)25/h1-5,10H,6-9H2,(H,26,28). The van der Waals surface area contributed by atoms with E-state index in [2.05, 4.69) is 5.32 Å². The average Bonchev–Trinajstić information content (AvgIpc) is 2.66. The summed E-state index contributed by atoms with van der Waals surface area (Å²) >= 11 is 0. The van der Waals surface area contributed by atoms with Gasteiger partial charge in [0.1, 0.15) is 11.6 Å². The molecule has 0 spiro atoms. The van der Waals surface area contributed by atoms with Crippen molar-refractivity contribution in [2.45, 2.75) is 6.18 Å². The molecule has 0 unspecified atom stereocenters. The Morgan fingerprint density at radius 3 is 2.58 bits per heavy atom. The van der Waals surface area contributed by atoms with E-state index in [1.165, 1.54) is 11.0 Å². The van der Waals surface area contributed by atoms with E-state index in [0.717, 1.165) is 18.2 Å². The van der Waals surface area contributed by atoms with E-state index in [4.69, 9.17) is 9.47 Å². The lowest BCUT2D eigenvalue weighted by Gasteiger charge is -2.39. The fourth-order valence-corrected chi connectivity index (χ4v) is 3.28. The fourth-order valence-electron chi connectivity index (χ4n) is 3.28. The Labute approximate surface area is 172 Å². The number of hydrogen-bond donors (Lipinski definition) is 1. The number of carbonyl (C=O) groups is 2. The molecular weight excluding hydrogens is 427 g/mol. The topological polar surface area (TPSA) is 67.9 Å². The van der Waals surface area contributed by atoms with E-state index in [9.17, 15) is 31.5 Å². The Hall–Kier alpha value is -3.37. The number of anilines is 1. The van der Waals surface area contributed by atoms with Gasteiger partial charge in [0, 0.05) is 25.1 Å². The Balaban J connectivity index is 1.34. The summed E-state index contributed by atoms with van der Waals surface area (Å²) in [5.41, 5.74) is -1.16. The zero-order chi connectivity index (χ0) is 22.3. The molecule has 0 bridgehead atoms. The summed E-state index contributed by atoms with van der Waals surface area (Å²) in [6, 6.07) is 4.20. The number of carbonyl (C=O) groups excluding carboxylic acids is 2. The van der Waals surface area contributed by atoms with Crippen LogP contribution < -0.4 is 14.8 Å². The van der Waals surface area contributed by atoms with Gasteiger partial charge in [0.25, 0.3) is 11.8 Å². The number of likely N-dealkylation sites (tertiary alicyclic amines) is 1. The van der Waals surface area contributed by atoms with Gasteiger partial charge in [0.2, 0.25) is 0 Å². The second-order valence-electron chi connectivity index (χ2n) is 7.20. The van der Waals surface area contributed by atoms with Crippen LogP contribution in [-0.4, -0.2) is 43.0 Å². The molecule has 0 aromatic heterocycles. The number of fused-ring (bicyclic) bond motifs is 1. The highest BCUT2D eigenvalue weighted by Crippen LogP contribution is 2.33. The zero-order valence-corrected chi connectivity index (χ0v) is 15.8. The summed E-state index contributed by atoms with van der Waals surface area (Å²) in [6.07, 6.45) is -4.66. The molecule has 0 saturated carbocycles. The van der Waals surface area contributed by atoms with Gasteiger partial charge in [-0.05, 0) is 24.3 Å². The van der Waals surface area contributed by atoms with E-state index in [1.54, 1.807) is 0 Å². The summed E-state index contributed by atoms with van der Waals surface area (Å²) in [5, 5.41) is 2.50. The molecule has 2 aromatic rings. The van der Waals surface area contributed by atoms with Crippen LogP contribution in [0.5, 0.6) is 11.5 Å². The number of nitrogens with zero attached hydrogens (tertiary/aromatic N) is 1. The molecule has 6 nitrogen and oxygen atoms in total. The smallest absolute Gasteiger partial charge is 0.416 e. The van der Waals surface area contributed by atoms with E-state index < -0.39 is 35.2 Å². The molecule has 31 heavy (non-hydrogen) atoms. The van der Waals surface area contributed by atoms with Crippen molar-refractivity contribution in [2.75, 3.05) is 31.6 Å². The largest absolute Gasteiger partial charge is 0.490 e. The number of ether oxygens (including phenoxy) is 2. The number of alkyl halides is 3. The highest BCUT2D eigenvalue weighted by atomic mass is 19.4. The average molecular weight is 442 g/mol. The molecule has 0 atom stereocenters. The van der Waals surface area contributed by atoms with Crippen molar-refractivity contribution in [1.82, 2.24) is 4.90 Å². The zero-order valence-electron chi connectivity index (χ0n) is 15.8. The van der Waals surface area contributed by atoms with Crippen LogP contribution >= 0.6 is 0 Å². The number of benzene rings is 2. The second kappa shape index (κ2) is 7.71. The van der Waals surface area contributed by atoms with Gasteiger partial charge in [-0.1, -0.05) is 0 Å². The Morgan fingerprint density at radius 2 is 1.90 bits per heavy atom. The van der Waals surface area contributed by atoms with Crippen molar-refractivity contribution in [1.29, 1.82) is 0 Å². The Morgan fingerprint density at radius 1 is 1.16 bits per heavy atom. The van der Waals surface area contributed by atoms with E-state index >= 15 is 0 Å². The summed E-state index contributed by atoms with van der Waals surface area (Å²) in [4.78, 5) is 25.3. The summed E-state index contributed by atoms with van der Waals surface area (Å²) < 4.78 is 76.2. The lowest BCUT2D eigenvalue weighted by Crippen LogP contribution is -2.52. The van der Waals surface area contributed by atoms with Crippen LogP contribution in [0.15, 0.2) is 30.3 Å². The molecule has 2 aliphatic rings. The van der Waals surface area contributed by atoms with Gasteiger partial charge in [0.05, 0.1) is 23.4 Å². The normalized spacial score (nSPS) is 16.2. The predicted octanol–water partition coefficient (Wildman–Crippen LogP) is 3.47. The maximum atomic E-state index is 14.3. The van der Waals surface area contributed by atoms with Gasteiger partial charge >= 0.3 is 6.18 Å². The van der Waals surface area contributed by atoms with Crippen LogP contribution in [0, 0.1) is 17.6 Å². The molecule has 164 valence electrons. The summed E-state index contributed by atoms with van der Waals surface area (Å²) in [5.74, 6) is -3.36. The number of hydrogen-bond acceptors (Lipinski definition) is 4. The third kappa shape index (κ3) is 4.25. The minimum absolute atomic E-state index is 0.0252. The molecule has 0 aliphatic carbocycles. The number of rotatable bonds is 4. The van der Waals surface area contributed by atoms with Crippen LogP contribution in [0.4, 0.5) is 27.6 Å². The predicted molar refractivity (Wildman–Crippen MR) is 96.8 cm³/mol. The molecular formula is C20H15F5N2O4. The molecule has 1 N–H and O–H groups in total. The maximum Gasteiger partial charge on any atom is 0.416 e. The minimum Gasteiger partial charge on any atom is -0.490 e. The number of halogens is 5. The molecule has 2 heterocycles. The Bertz CT molecular complexity index is 1050. The first-order chi connectivity index (χ1) is 14.6. The van der Waals surface area contributed by atoms with E-state index in [0.29, 0.717) is 6.07 Å². The van der Waals surface area contributed by atoms with Crippen molar-refractivity contribution in [2.24, 2.45) is 5.92 Å². The number of amides is 2. The first-order valence-corrected chi connectivity index (χ1v) is 9.17. The van der Waals surface area contributed by atoms with Crippen molar-refractivity contribution in [3.63, 3.8) is 0 Å². The van der Waals surface area contributed by atoms with Crippen LogP contribution in [-0.2, 0) is 11.0 Å². The lowest BCUT2D eigenvalue weighted by atomic mass is 9.99. The monoisotopic (exact) mass is 442 g/mol. The fraction of sp³-hybridized carbons (Fsp3) is 0.300. The van der Waals surface area contributed by atoms with Gasteiger partial charge in [-0.2, -0.15) is 13.2 Å². The van der Waals surface area contributed by atoms with Crippen molar-refractivity contribution >= 4 is 17.5 Å². The minimum atomic E-state index is -4.66. The van der Waals surface area contributed by atoms with E-state index in [1.807, 2.05) is 0 Å². The molecule has 0 radical (unpaired) electrons. The summed E-state index contributed by atoms with van der Waals surface area (Å²) in [7, 11) is 0. The van der Waals surface area contributed by atoms with Gasteiger partial charge in [-0.3, -0.25) is 9.59 Å². The van der Waals surface area contributed by atoms with Gasteiger partial charge in [0.15, 0.2) is 18.2 Å². The van der Waals surface area contributed by atoms with Crippen LogP contribution in [0.25, 0.3) is 0 Å². The second-order valence-corrected chi connectivity index (χ2v) is 7.20. The molecule has 2 aliphatic heterocycles. The number of nitrogens with one attached hydrogen (secondary N) is 1. The van der Waals surface area contributed by atoms with Gasteiger partial charge in [-0.25, -0.2) is 8.78 Å². The Kier molecular flexibility index (Phi) is 5.19. The molecule has 2 amide bonds. The van der Waals surface area contributed by atoms with Gasteiger partial charge < -0.3 is 19.7 Å². The third-order valence-corrected chi connectivity index (χ3v) is 4.91. The highest BCUT2D eigenvalue weighted by molar-refractivity contribution is 6.00. The quantitative estimate of drug-likeness (QED) is 0.737. The van der Waals surface area contributed by atoms with Crippen molar-refractivity contribution < 1.29 is 41.0 Å². The molecule has 11 heteroatoms. The maximum absolute atomic E-state index is 14.3. The van der Waals surface area contributed by atoms with Crippen molar-refractivity contribution in [3.05, 3.63) is 53.1 Å². The first kappa shape index (κ1) is 20.9. The van der Waals surface area contributed by atoms with Gasteiger partial charge in [-0.15, -0.1) is 0 Å². The molecule has 4 rings (SSSR count). The SMILES string of the molecule is O=C1COc2cc(F)c(C(=O)N3CC(COc4ccc(C(F)(F)F)cc4F)C3)cc2N1. The van der Waals surface area contributed by atoms with E-state index in [-0.39, 0.29) is 55.0 Å². The van der Waals surface area contributed by atoms with Crippen LogP contribution in [0.1, 0.15) is 15.9 Å². The van der Waals surface area contributed by atoms with Crippen LogP contribution in [0.2, 0.25) is 0 Å². The highest BCUT2D eigenvalue weighted by Gasteiger charge is 2.35. The molecule has 1 saturated heterocycles. The molecule has 1 fully saturated rings. The van der Waals surface area contributed by atoms with Crippen LogP contribution in [0.3, 0.4) is 0 Å².